The Kier molecular flexibility index (Phi) is 3.95. The van der Waals surface area contributed by atoms with Gasteiger partial charge in [0.2, 0.25) is 5.91 Å². The van der Waals surface area contributed by atoms with Crippen LogP contribution in [-0.4, -0.2) is 45.4 Å². The van der Waals surface area contributed by atoms with Gasteiger partial charge in [0.25, 0.3) is 0 Å². The summed E-state index contributed by atoms with van der Waals surface area (Å²) in [5.74, 6) is -2.70. The van der Waals surface area contributed by atoms with Crippen LogP contribution in [0.15, 0.2) is 18.5 Å². The van der Waals surface area contributed by atoms with E-state index >= 15 is 0 Å². The van der Waals surface area contributed by atoms with Crippen LogP contribution in [-0.2, 0) is 24.7 Å². The zero-order valence-electron chi connectivity index (χ0n) is 12.7. The number of rotatable bonds is 5. The number of aliphatic carboxylic acids is 1. The minimum absolute atomic E-state index is 0.0237. The fourth-order valence-corrected chi connectivity index (χ4v) is 2.55. The molecule has 2 rings (SSSR count). The Balaban J connectivity index is 2.17. The summed E-state index contributed by atoms with van der Waals surface area (Å²) in [5, 5.41) is 15.7. The molecule has 0 saturated heterocycles. The number of carbonyl (C=O) groups is 3. The van der Waals surface area contributed by atoms with Gasteiger partial charge >= 0.3 is 11.9 Å². The lowest BCUT2D eigenvalue weighted by Crippen LogP contribution is -2.66. The Morgan fingerprint density at radius 3 is 2.50 bits per heavy atom. The molecule has 1 aromatic heterocycles. The zero-order chi connectivity index (χ0) is 16.5. The maximum absolute atomic E-state index is 12.5. The molecule has 1 aliphatic rings. The molecular formula is C14H19N3O5. The summed E-state index contributed by atoms with van der Waals surface area (Å²) in [6.07, 6.45) is 3.24. The van der Waals surface area contributed by atoms with Crippen LogP contribution in [0.2, 0.25) is 0 Å². The maximum Gasteiger partial charge on any atom is 0.331 e. The van der Waals surface area contributed by atoms with Gasteiger partial charge in [-0.15, -0.1) is 0 Å². The Morgan fingerprint density at radius 1 is 1.41 bits per heavy atom. The molecule has 1 fully saturated rings. The Hall–Kier alpha value is -2.38. The van der Waals surface area contributed by atoms with Crippen molar-refractivity contribution in [3.63, 3.8) is 0 Å². The second-order valence-corrected chi connectivity index (χ2v) is 5.98. The standard InChI is InChI=1S/C14H19N3O5/c1-13(2,17-6-4-5-15-17)11(20)16-14(12(21)22-3)7-9(8-14)10(18)19/h4-6,9H,7-8H2,1-3H3,(H,16,20)(H,18,19). The highest BCUT2D eigenvalue weighted by atomic mass is 16.5. The van der Waals surface area contributed by atoms with Crippen molar-refractivity contribution in [1.82, 2.24) is 15.1 Å². The van der Waals surface area contributed by atoms with Crippen LogP contribution in [0.1, 0.15) is 26.7 Å². The Morgan fingerprint density at radius 2 is 2.05 bits per heavy atom. The van der Waals surface area contributed by atoms with E-state index < -0.39 is 34.8 Å². The number of aromatic nitrogens is 2. The molecule has 0 radical (unpaired) electrons. The van der Waals surface area contributed by atoms with Gasteiger partial charge in [0.1, 0.15) is 11.1 Å². The molecule has 2 N–H and O–H groups in total. The molecule has 22 heavy (non-hydrogen) atoms. The molecule has 8 nitrogen and oxygen atoms in total. The minimum Gasteiger partial charge on any atom is -0.481 e. The number of esters is 1. The first-order valence-corrected chi connectivity index (χ1v) is 6.87. The van der Waals surface area contributed by atoms with Gasteiger partial charge in [-0.25, -0.2) is 4.79 Å². The quantitative estimate of drug-likeness (QED) is 0.749. The topological polar surface area (TPSA) is 111 Å². The first kappa shape index (κ1) is 16.0. The first-order chi connectivity index (χ1) is 10.2. The van der Waals surface area contributed by atoms with Gasteiger partial charge in [0, 0.05) is 12.4 Å². The monoisotopic (exact) mass is 309 g/mol. The average molecular weight is 309 g/mol. The lowest BCUT2D eigenvalue weighted by molar-refractivity contribution is -0.165. The second kappa shape index (κ2) is 5.43. The van der Waals surface area contributed by atoms with Gasteiger partial charge in [-0.3, -0.25) is 14.3 Å². The predicted octanol–water partition coefficient (Wildman–Crippen LogP) is 0.141. The summed E-state index contributed by atoms with van der Waals surface area (Å²) in [6.45, 7) is 3.32. The third-order valence-corrected chi connectivity index (χ3v) is 4.10. The van der Waals surface area contributed by atoms with Gasteiger partial charge in [0.15, 0.2) is 0 Å². The molecule has 0 atom stereocenters. The Labute approximate surface area is 127 Å². The summed E-state index contributed by atoms with van der Waals surface area (Å²) in [6, 6.07) is 1.69. The summed E-state index contributed by atoms with van der Waals surface area (Å²) >= 11 is 0. The first-order valence-electron chi connectivity index (χ1n) is 6.87. The number of nitrogens with one attached hydrogen (secondary N) is 1. The molecule has 0 spiro atoms. The molecule has 0 bridgehead atoms. The lowest BCUT2D eigenvalue weighted by atomic mass is 9.68. The molecule has 1 amide bonds. The minimum atomic E-state index is -1.28. The largest absolute Gasteiger partial charge is 0.481 e. The van der Waals surface area contributed by atoms with E-state index in [4.69, 9.17) is 9.84 Å². The second-order valence-electron chi connectivity index (χ2n) is 5.98. The summed E-state index contributed by atoms with van der Waals surface area (Å²) < 4.78 is 6.19. The molecule has 1 aromatic rings. The number of carboxylic acids is 1. The molecule has 0 aromatic carbocycles. The number of hydrogen-bond acceptors (Lipinski definition) is 5. The van der Waals surface area contributed by atoms with Crippen LogP contribution in [0.4, 0.5) is 0 Å². The van der Waals surface area contributed by atoms with Crippen molar-refractivity contribution in [2.75, 3.05) is 7.11 Å². The van der Waals surface area contributed by atoms with Crippen LogP contribution in [0, 0.1) is 5.92 Å². The number of methoxy groups -OCH3 is 1. The summed E-state index contributed by atoms with van der Waals surface area (Å²) in [4.78, 5) is 35.5. The highest BCUT2D eigenvalue weighted by Gasteiger charge is 2.56. The molecule has 1 saturated carbocycles. The van der Waals surface area contributed by atoms with E-state index in [1.807, 2.05) is 0 Å². The van der Waals surface area contributed by atoms with Crippen LogP contribution < -0.4 is 5.32 Å². The van der Waals surface area contributed by atoms with Crippen molar-refractivity contribution in [1.29, 1.82) is 0 Å². The smallest absolute Gasteiger partial charge is 0.331 e. The molecule has 0 unspecified atom stereocenters. The number of carbonyl (C=O) groups excluding carboxylic acids is 2. The van der Waals surface area contributed by atoms with E-state index in [-0.39, 0.29) is 12.8 Å². The fourth-order valence-electron chi connectivity index (χ4n) is 2.55. The van der Waals surface area contributed by atoms with E-state index in [1.165, 1.54) is 11.8 Å². The van der Waals surface area contributed by atoms with E-state index in [9.17, 15) is 14.4 Å². The van der Waals surface area contributed by atoms with E-state index in [1.54, 1.807) is 32.3 Å². The van der Waals surface area contributed by atoms with Crippen molar-refractivity contribution >= 4 is 17.8 Å². The van der Waals surface area contributed by atoms with Crippen molar-refractivity contribution in [3.05, 3.63) is 18.5 Å². The molecule has 1 heterocycles. The van der Waals surface area contributed by atoms with Crippen molar-refractivity contribution in [3.8, 4) is 0 Å². The number of carboxylic acid groups (broad SMARTS) is 1. The lowest BCUT2D eigenvalue weighted by Gasteiger charge is -2.44. The van der Waals surface area contributed by atoms with Crippen LogP contribution >= 0.6 is 0 Å². The van der Waals surface area contributed by atoms with Gasteiger partial charge < -0.3 is 15.2 Å². The molecule has 8 heteroatoms. The molecule has 1 aliphatic carbocycles. The van der Waals surface area contributed by atoms with Crippen molar-refractivity contribution in [2.24, 2.45) is 5.92 Å². The van der Waals surface area contributed by atoms with Crippen molar-refractivity contribution < 1.29 is 24.2 Å². The van der Waals surface area contributed by atoms with Gasteiger partial charge in [-0.2, -0.15) is 5.10 Å². The highest BCUT2D eigenvalue weighted by Crippen LogP contribution is 2.39. The number of amides is 1. The molecule has 120 valence electrons. The summed E-state index contributed by atoms with van der Waals surface area (Å²) in [5.41, 5.74) is -2.29. The molecular weight excluding hydrogens is 290 g/mol. The van der Waals surface area contributed by atoms with E-state index in [2.05, 4.69) is 10.4 Å². The summed E-state index contributed by atoms with van der Waals surface area (Å²) in [7, 11) is 1.21. The normalized spacial score (nSPS) is 24.2. The SMILES string of the molecule is COC(=O)C1(NC(=O)C(C)(C)n2cccn2)CC(C(=O)O)C1. The highest BCUT2D eigenvalue weighted by molar-refractivity contribution is 5.93. The maximum atomic E-state index is 12.5. The van der Waals surface area contributed by atoms with Crippen LogP contribution in [0.3, 0.4) is 0 Å². The fraction of sp³-hybridized carbons (Fsp3) is 0.571. The number of hydrogen-bond donors (Lipinski definition) is 2. The zero-order valence-corrected chi connectivity index (χ0v) is 12.7. The third-order valence-electron chi connectivity index (χ3n) is 4.10. The number of ether oxygens (including phenoxy) is 1. The Bertz CT molecular complexity index is 588. The molecule has 0 aliphatic heterocycles. The van der Waals surface area contributed by atoms with E-state index in [0.29, 0.717) is 0 Å². The van der Waals surface area contributed by atoms with Gasteiger partial charge in [0.05, 0.1) is 13.0 Å². The van der Waals surface area contributed by atoms with Crippen molar-refractivity contribution in [2.45, 2.75) is 37.8 Å². The van der Waals surface area contributed by atoms with Gasteiger partial charge in [-0.1, -0.05) is 0 Å². The van der Waals surface area contributed by atoms with Gasteiger partial charge in [-0.05, 0) is 32.8 Å². The van der Waals surface area contributed by atoms with Crippen LogP contribution in [0.25, 0.3) is 0 Å². The van der Waals surface area contributed by atoms with Crippen LogP contribution in [0.5, 0.6) is 0 Å². The number of nitrogens with zero attached hydrogens (tertiary/aromatic N) is 2. The average Bonchev–Trinajstić information content (AvgIpc) is 2.95. The predicted molar refractivity (Wildman–Crippen MR) is 74.8 cm³/mol. The van der Waals surface area contributed by atoms with E-state index in [0.717, 1.165) is 0 Å². The third kappa shape index (κ3) is 2.56.